The van der Waals surface area contributed by atoms with Crippen molar-refractivity contribution in [2.45, 2.75) is 0 Å². The minimum absolute atomic E-state index is 1.10. The van der Waals surface area contributed by atoms with Crippen molar-refractivity contribution in [2.75, 3.05) is 14.7 Å². The summed E-state index contributed by atoms with van der Waals surface area (Å²) >= 11 is 0. The van der Waals surface area contributed by atoms with E-state index in [9.17, 15) is 0 Å². The Bertz CT molecular complexity index is 8850. The molecule has 0 aliphatic carbocycles. The maximum atomic E-state index is 2.41. The van der Waals surface area contributed by atoms with E-state index in [1.54, 1.807) is 0 Å². The van der Waals surface area contributed by atoms with Crippen LogP contribution in [0.4, 0.5) is 51.2 Å². The van der Waals surface area contributed by atoms with Crippen molar-refractivity contribution in [3.8, 4) is 106 Å². The van der Waals surface area contributed by atoms with Gasteiger partial charge in [-0.15, -0.1) is 0 Å². The number of para-hydroxylation sites is 6. The SMILES string of the molecule is c1ccc(-c2ccc(-c3ccc(N(c4ccc(-c5ccccc5)cc4)c4cccc5c4c4ccccc4n5-c4ccccc4)cc3)cc2)cc1.c1ccc(-c2ccc(N(c3ccc(-c4cccc(-c5ccccc5)c4)cc3)c3cccc4c3c3ccccc3n4-c3ccccc3)cc2)cc1.c1ccc(-c2ccc(N(c3ccc(-c4ccccc4)cc3)c3cccc4c3c3ccccc3n4-c3ccccc3)cc2)cc1. The predicted octanol–water partition coefficient (Wildman–Crippen LogP) is 38.1. The van der Waals surface area contributed by atoms with Crippen LogP contribution in [-0.2, 0) is 0 Å². The largest absolute Gasteiger partial charge is 0.310 e. The summed E-state index contributed by atoms with van der Waals surface area (Å²) in [6, 6.07) is 213. The van der Waals surface area contributed by atoms with E-state index in [1.807, 2.05) is 0 Å². The van der Waals surface area contributed by atoms with Gasteiger partial charge in [-0.3, -0.25) is 0 Å². The Morgan fingerprint density at radius 3 is 0.486 bits per heavy atom. The average Bonchev–Trinajstić information content (AvgIpc) is 1.58. The first-order valence-electron chi connectivity index (χ1n) is 49.3. The molecule has 6 heteroatoms. The Morgan fingerprint density at radius 2 is 0.264 bits per heavy atom. The summed E-state index contributed by atoms with van der Waals surface area (Å²) in [6.07, 6.45) is 0. The summed E-state index contributed by atoms with van der Waals surface area (Å²) in [5, 5.41) is 7.35. The molecule has 0 bridgehead atoms. The lowest BCUT2D eigenvalue weighted by Crippen LogP contribution is -2.10. The normalized spacial score (nSPS) is 11.2. The first-order valence-corrected chi connectivity index (χ1v) is 49.3. The van der Waals surface area contributed by atoms with Crippen LogP contribution in [0.1, 0.15) is 0 Å². The van der Waals surface area contributed by atoms with E-state index in [4.69, 9.17) is 0 Å². The second-order valence-electron chi connectivity index (χ2n) is 36.2. The third-order valence-electron chi connectivity index (χ3n) is 27.6. The van der Waals surface area contributed by atoms with Gasteiger partial charge in [-0.2, -0.15) is 0 Å². The quantitative estimate of drug-likeness (QED) is 0.0760. The molecule has 680 valence electrons. The van der Waals surface area contributed by atoms with E-state index in [2.05, 4.69) is 623 Å². The third-order valence-corrected chi connectivity index (χ3v) is 27.6. The van der Waals surface area contributed by atoms with Gasteiger partial charge in [0.15, 0.2) is 0 Å². The van der Waals surface area contributed by atoms with Crippen molar-refractivity contribution < 1.29 is 0 Å². The Hall–Kier alpha value is -19.1. The highest BCUT2D eigenvalue weighted by atomic mass is 15.2. The molecular weight excluding hydrogens is 1740 g/mol. The highest BCUT2D eigenvalue weighted by Gasteiger charge is 2.27. The fourth-order valence-corrected chi connectivity index (χ4v) is 20.7. The zero-order valence-corrected chi connectivity index (χ0v) is 79.3. The fourth-order valence-electron chi connectivity index (χ4n) is 20.7. The van der Waals surface area contributed by atoms with Gasteiger partial charge in [0.05, 0.1) is 50.2 Å². The summed E-state index contributed by atoms with van der Waals surface area (Å²) in [7, 11) is 0. The van der Waals surface area contributed by atoms with Crippen LogP contribution in [0, 0.1) is 0 Å². The zero-order valence-electron chi connectivity index (χ0n) is 79.3. The standard InChI is InChI=1S/2C48H34N2.C42H30N2/c1-4-14-35(15-5-1)37-26-30-42(31-27-37)49(43-32-28-38(29-33-43)40-19-12-18-39(34-40)36-16-6-2-7-17-36)46-24-13-25-47-48(46)44-22-10-11-23-45(44)50(47)41-20-8-3-9-21-41;1-4-13-35(14-5-1)37-23-25-38(26-24-37)40-29-33-43(34-30-40)49(42-31-27-39(28-32-42)36-15-6-2-7-16-36)46-21-12-22-47-48(46)44-19-10-11-20-45(44)50(47)41-17-8-3-9-18-41;1-4-13-31(14-5-1)33-23-27-36(28-24-33)43(37-29-25-34(26-30-37)32-15-6-2-7-16-32)40-21-12-22-41-42(40)38-19-10-11-20-39(38)44(41)35-17-8-3-9-18-35/h2*1-34H;1-30H. The molecule has 3 heterocycles. The highest BCUT2D eigenvalue weighted by Crippen LogP contribution is 2.50. The van der Waals surface area contributed by atoms with E-state index >= 15 is 0 Å². The lowest BCUT2D eigenvalue weighted by Gasteiger charge is -2.27. The molecule has 0 aliphatic heterocycles. The van der Waals surface area contributed by atoms with Crippen LogP contribution in [0.15, 0.2) is 595 Å². The first kappa shape index (κ1) is 87.6. The van der Waals surface area contributed by atoms with Gasteiger partial charge in [0, 0.05) is 83.5 Å². The topological polar surface area (TPSA) is 24.5 Å². The smallest absolute Gasteiger partial charge is 0.0562 e. The van der Waals surface area contributed by atoms with Crippen molar-refractivity contribution in [3.63, 3.8) is 0 Å². The molecule has 0 atom stereocenters. The van der Waals surface area contributed by atoms with Crippen LogP contribution in [-0.4, -0.2) is 13.7 Å². The van der Waals surface area contributed by atoms with E-state index in [-0.39, 0.29) is 0 Å². The van der Waals surface area contributed by atoms with Gasteiger partial charge in [-0.1, -0.05) is 425 Å². The molecule has 23 aromatic carbocycles. The van der Waals surface area contributed by atoms with E-state index in [0.29, 0.717) is 0 Å². The summed E-state index contributed by atoms with van der Waals surface area (Å²) in [5.41, 5.74) is 39.9. The lowest BCUT2D eigenvalue weighted by molar-refractivity contribution is 1.18. The highest BCUT2D eigenvalue weighted by molar-refractivity contribution is 6.19. The molecular formula is C138H98N6. The molecule has 0 amide bonds. The van der Waals surface area contributed by atoms with Crippen molar-refractivity contribution in [3.05, 3.63) is 595 Å². The number of hydrogen-bond donors (Lipinski definition) is 0. The summed E-state index contributed by atoms with van der Waals surface area (Å²) in [6.45, 7) is 0. The molecule has 6 nitrogen and oxygen atoms in total. The van der Waals surface area contributed by atoms with Crippen LogP contribution in [0.2, 0.25) is 0 Å². The first-order chi connectivity index (χ1) is 71.5. The van der Waals surface area contributed by atoms with Crippen LogP contribution in [0.5, 0.6) is 0 Å². The van der Waals surface area contributed by atoms with Crippen LogP contribution >= 0.6 is 0 Å². The molecule has 144 heavy (non-hydrogen) atoms. The summed E-state index contributed by atoms with van der Waals surface area (Å²) in [5.74, 6) is 0. The van der Waals surface area contributed by atoms with Gasteiger partial charge >= 0.3 is 0 Å². The third kappa shape index (κ3) is 17.4. The Morgan fingerprint density at radius 1 is 0.111 bits per heavy atom. The van der Waals surface area contributed by atoms with Crippen LogP contribution in [0.3, 0.4) is 0 Å². The molecule has 0 saturated carbocycles. The average molecular weight is 1840 g/mol. The number of rotatable bonds is 20. The molecule has 0 saturated heterocycles. The number of fused-ring (bicyclic) bond motifs is 9. The van der Waals surface area contributed by atoms with Crippen molar-refractivity contribution in [1.82, 2.24) is 13.7 Å². The number of aromatic nitrogens is 3. The van der Waals surface area contributed by atoms with E-state index in [1.165, 1.54) is 154 Å². The van der Waals surface area contributed by atoms with Crippen molar-refractivity contribution in [1.29, 1.82) is 0 Å². The van der Waals surface area contributed by atoms with Gasteiger partial charge < -0.3 is 28.4 Å². The maximum absolute atomic E-state index is 2.41. The Balaban J connectivity index is 0.000000117. The molecule has 3 aromatic heterocycles. The number of hydrogen-bond acceptors (Lipinski definition) is 3. The molecule has 0 aliphatic rings. The van der Waals surface area contributed by atoms with Gasteiger partial charge in [0.2, 0.25) is 0 Å². The Labute approximate surface area is 839 Å². The minimum Gasteiger partial charge on any atom is -0.310 e. The number of nitrogens with zero attached hydrogens (tertiary/aromatic N) is 6. The van der Waals surface area contributed by atoms with Crippen molar-refractivity contribution >= 4 is 117 Å². The minimum atomic E-state index is 1.10. The number of benzene rings is 23. The zero-order chi connectivity index (χ0) is 95.9. The second kappa shape index (κ2) is 39.8. The molecule has 0 fully saturated rings. The number of anilines is 9. The van der Waals surface area contributed by atoms with Crippen LogP contribution in [0.25, 0.3) is 171 Å². The van der Waals surface area contributed by atoms with E-state index < -0.39 is 0 Å². The van der Waals surface area contributed by atoms with Gasteiger partial charge in [-0.05, 0) is 259 Å². The molecule has 0 radical (unpaired) electrons. The second-order valence-corrected chi connectivity index (χ2v) is 36.2. The lowest BCUT2D eigenvalue weighted by atomic mass is 9.98. The molecule has 0 unspecified atom stereocenters. The van der Waals surface area contributed by atoms with E-state index in [0.717, 1.165) is 68.2 Å². The fraction of sp³-hybridized carbons (Fsp3) is 0. The van der Waals surface area contributed by atoms with Crippen LogP contribution < -0.4 is 14.7 Å². The predicted molar refractivity (Wildman–Crippen MR) is 610 cm³/mol. The monoisotopic (exact) mass is 1840 g/mol. The summed E-state index contributed by atoms with van der Waals surface area (Å²) in [4.78, 5) is 7.21. The van der Waals surface area contributed by atoms with Crippen molar-refractivity contribution in [2.24, 2.45) is 0 Å². The molecule has 26 aromatic rings. The van der Waals surface area contributed by atoms with Gasteiger partial charge in [0.1, 0.15) is 0 Å². The summed E-state index contributed by atoms with van der Waals surface area (Å²) < 4.78 is 7.14. The molecule has 0 N–H and O–H groups in total. The van der Waals surface area contributed by atoms with Gasteiger partial charge in [-0.25, -0.2) is 0 Å². The maximum Gasteiger partial charge on any atom is 0.0562 e. The Kier molecular flexibility index (Phi) is 24.2. The van der Waals surface area contributed by atoms with Gasteiger partial charge in [0.25, 0.3) is 0 Å². The molecule has 0 spiro atoms. The molecule has 26 rings (SSSR count).